The lowest BCUT2D eigenvalue weighted by atomic mass is 10.2. The minimum absolute atomic E-state index is 0.251. The Balaban J connectivity index is 1.46. The molecule has 6 heteroatoms. The zero-order chi connectivity index (χ0) is 13.2. The molecule has 6 nitrogen and oxygen atoms in total. The Bertz CT molecular complexity index is 329. The van der Waals surface area contributed by atoms with Crippen molar-refractivity contribution >= 4 is 6.03 Å². The molecule has 2 amide bonds. The number of fused-ring (bicyclic) bond motifs is 1. The van der Waals surface area contributed by atoms with Crippen LogP contribution >= 0.6 is 0 Å². The molecule has 0 aromatic carbocycles. The van der Waals surface area contributed by atoms with Gasteiger partial charge in [0.1, 0.15) is 0 Å². The van der Waals surface area contributed by atoms with Gasteiger partial charge in [-0.25, -0.2) is 4.79 Å². The van der Waals surface area contributed by atoms with Crippen molar-refractivity contribution in [2.75, 3.05) is 72.5 Å². The molecule has 19 heavy (non-hydrogen) atoms. The highest BCUT2D eigenvalue weighted by Crippen LogP contribution is 2.17. The molecule has 0 radical (unpaired) electrons. The number of carbonyl (C=O) groups excluding carboxylic acids is 1. The van der Waals surface area contributed by atoms with Gasteiger partial charge in [0.25, 0.3) is 0 Å². The summed E-state index contributed by atoms with van der Waals surface area (Å²) in [6.07, 6.45) is 0. The van der Waals surface area contributed by atoms with Crippen LogP contribution in [0, 0.1) is 0 Å². The van der Waals surface area contributed by atoms with Crippen LogP contribution in [0.2, 0.25) is 0 Å². The van der Waals surface area contributed by atoms with Gasteiger partial charge in [-0.05, 0) is 7.05 Å². The molecule has 0 aromatic heterocycles. The molecule has 3 aliphatic rings. The lowest BCUT2D eigenvalue weighted by molar-refractivity contribution is 0.140. The van der Waals surface area contributed by atoms with Gasteiger partial charge in [-0.15, -0.1) is 0 Å². The van der Waals surface area contributed by atoms with Gasteiger partial charge in [0.2, 0.25) is 0 Å². The van der Waals surface area contributed by atoms with E-state index in [1.807, 2.05) is 9.80 Å². The molecule has 0 aromatic rings. The van der Waals surface area contributed by atoms with E-state index in [0.717, 1.165) is 65.4 Å². The third-order valence-electron chi connectivity index (χ3n) is 4.58. The maximum Gasteiger partial charge on any atom is 0.320 e. The third-order valence-corrected chi connectivity index (χ3v) is 4.58. The van der Waals surface area contributed by atoms with Crippen LogP contribution in [-0.2, 0) is 0 Å². The highest BCUT2D eigenvalue weighted by atomic mass is 16.2. The van der Waals surface area contributed by atoms with Crippen molar-refractivity contribution in [3.05, 3.63) is 0 Å². The molecule has 3 fully saturated rings. The van der Waals surface area contributed by atoms with Crippen LogP contribution in [0.15, 0.2) is 0 Å². The van der Waals surface area contributed by atoms with E-state index in [4.69, 9.17) is 0 Å². The van der Waals surface area contributed by atoms with Crippen molar-refractivity contribution in [3.63, 3.8) is 0 Å². The predicted molar refractivity (Wildman–Crippen MR) is 74.3 cm³/mol. The topological polar surface area (TPSA) is 42.1 Å². The van der Waals surface area contributed by atoms with Crippen molar-refractivity contribution in [1.29, 1.82) is 0 Å². The molecule has 3 aliphatic heterocycles. The van der Waals surface area contributed by atoms with Crippen molar-refractivity contribution in [3.8, 4) is 0 Å². The lowest BCUT2D eigenvalue weighted by Crippen LogP contribution is -2.50. The molecule has 0 aliphatic carbocycles. The minimum atomic E-state index is 0.251. The molecule has 0 spiro atoms. The van der Waals surface area contributed by atoms with Crippen LogP contribution in [0.25, 0.3) is 0 Å². The Morgan fingerprint density at radius 3 is 2.68 bits per heavy atom. The standard InChI is InChI=1S/C13H25N5O/c1-15-4-6-16(7-5-15)8-9-17-11-12-10-14-2-3-18(12)13(17)19/h12,14H,2-11H2,1H3. The Kier molecular flexibility index (Phi) is 3.91. The van der Waals surface area contributed by atoms with Crippen molar-refractivity contribution in [1.82, 2.24) is 24.9 Å². The first-order valence-electron chi connectivity index (χ1n) is 7.41. The number of amides is 2. The van der Waals surface area contributed by atoms with E-state index < -0.39 is 0 Å². The summed E-state index contributed by atoms with van der Waals surface area (Å²) in [5.74, 6) is 0. The van der Waals surface area contributed by atoms with Crippen molar-refractivity contribution in [2.24, 2.45) is 0 Å². The fourth-order valence-corrected chi connectivity index (χ4v) is 3.21. The van der Waals surface area contributed by atoms with Crippen molar-refractivity contribution < 1.29 is 4.79 Å². The van der Waals surface area contributed by atoms with Gasteiger partial charge in [0.05, 0.1) is 6.04 Å². The number of carbonyl (C=O) groups is 1. The minimum Gasteiger partial charge on any atom is -0.321 e. The number of hydrogen-bond acceptors (Lipinski definition) is 4. The summed E-state index contributed by atoms with van der Waals surface area (Å²) in [6.45, 7) is 10.1. The Morgan fingerprint density at radius 1 is 1.16 bits per heavy atom. The second kappa shape index (κ2) is 5.64. The van der Waals surface area contributed by atoms with Crippen LogP contribution in [0.3, 0.4) is 0 Å². The molecule has 0 saturated carbocycles. The molecule has 3 rings (SSSR count). The van der Waals surface area contributed by atoms with Gasteiger partial charge in [-0.2, -0.15) is 0 Å². The molecule has 3 saturated heterocycles. The van der Waals surface area contributed by atoms with E-state index in [-0.39, 0.29) is 6.03 Å². The molecule has 1 unspecified atom stereocenters. The normalized spacial score (nSPS) is 29.9. The average molecular weight is 267 g/mol. The first-order chi connectivity index (χ1) is 9.24. The van der Waals surface area contributed by atoms with Gasteiger partial charge in [0.15, 0.2) is 0 Å². The SMILES string of the molecule is CN1CCN(CCN2CC3CNCCN3C2=O)CC1. The largest absolute Gasteiger partial charge is 0.321 e. The maximum absolute atomic E-state index is 12.3. The highest BCUT2D eigenvalue weighted by Gasteiger charge is 2.38. The Morgan fingerprint density at radius 2 is 1.95 bits per heavy atom. The number of rotatable bonds is 3. The quantitative estimate of drug-likeness (QED) is 0.708. The molecule has 1 atom stereocenters. The predicted octanol–water partition coefficient (Wildman–Crippen LogP) is -1.06. The average Bonchev–Trinajstić information content (AvgIpc) is 2.76. The van der Waals surface area contributed by atoms with E-state index in [2.05, 4.69) is 22.2 Å². The number of piperazine rings is 2. The highest BCUT2D eigenvalue weighted by molar-refractivity contribution is 5.77. The summed E-state index contributed by atoms with van der Waals surface area (Å²) < 4.78 is 0. The van der Waals surface area contributed by atoms with E-state index in [0.29, 0.717) is 6.04 Å². The molecular formula is C13H25N5O. The van der Waals surface area contributed by atoms with E-state index in [9.17, 15) is 4.79 Å². The number of nitrogens with zero attached hydrogens (tertiary/aromatic N) is 4. The van der Waals surface area contributed by atoms with Crippen LogP contribution in [-0.4, -0.2) is 104 Å². The van der Waals surface area contributed by atoms with Gasteiger partial charge in [-0.3, -0.25) is 4.90 Å². The summed E-state index contributed by atoms with van der Waals surface area (Å²) in [5.41, 5.74) is 0. The molecule has 1 N–H and O–H groups in total. The lowest BCUT2D eigenvalue weighted by Gasteiger charge is -2.33. The van der Waals surface area contributed by atoms with E-state index >= 15 is 0 Å². The number of nitrogens with one attached hydrogen (secondary N) is 1. The van der Waals surface area contributed by atoms with Crippen LogP contribution < -0.4 is 5.32 Å². The second-order valence-corrected chi connectivity index (χ2v) is 5.92. The third kappa shape index (κ3) is 2.85. The van der Waals surface area contributed by atoms with Gasteiger partial charge >= 0.3 is 6.03 Å². The Hall–Kier alpha value is -0.850. The number of urea groups is 1. The first kappa shape index (κ1) is 13.1. The van der Waals surface area contributed by atoms with Crippen molar-refractivity contribution in [2.45, 2.75) is 6.04 Å². The van der Waals surface area contributed by atoms with E-state index in [1.54, 1.807) is 0 Å². The summed E-state index contributed by atoms with van der Waals surface area (Å²) in [5, 5.41) is 3.37. The zero-order valence-electron chi connectivity index (χ0n) is 11.8. The molecule has 3 heterocycles. The van der Waals surface area contributed by atoms with Crippen LogP contribution in [0.4, 0.5) is 4.79 Å². The number of hydrogen-bond donors (Lipinski definition) is 1. The van der Waals surface area contributed by atoms with Gasteiger partial charge in [-0.1, -0.05) is 0 Å². The molecule has 108 valence electrons. The summed E-state index contributed by atoms with van der Waals surface area (Å²) >= 11 is 0. The van der Waals surface area contributed by atoms with Gasteiger partial charge < -0.3 is 20.0 Å². The second-order valence-electron chi connectivity index (χ2n) is 5.92. The van der Waals surface area contributed by atoms with E-state index in [1.165, 1.54) is 0 Å². The fraction of sp³-hybridized carbons (Fsp3) is 0.923. The fourth-order valence-electron chi connectivity index (χ4n) is 3.21. The summed E-state index contributed by atoms with van der Waals surface area (Å²) in [4.78, 5) is 21.2. The van der Waals surface area contributed by atoms with Crippen LogP contribution in [0.1, 0.15) is 0 Å². The Labute approximate surface area is 115 Å². The summed E-state index contributed by atoms with van der Waals surface area (Å²) in [6, 6.07) is 0.648. The number of likely N-dealkylation sites (N-methyl/N-ethyl adjacent to an activating group) is 1. The zero-order valence-corrected chi connectivity index (χ0v) is 11.8. The maximum atomic E-state index is 12.3. The smallest absolute Gasteiger partial charge is 0.320 e. The van der Waals surface area contributed by atoms with Crippen LogP contribution in [0.5, 0.6) is 0 Å². The first-order valence-corrected chi connectivity index (χ1v) is 7.41. The van der Waals surface area contributed by atoms with Gasteiger partial charge in [0, 0.05) is 65.4 Å². The monoisotopic (exact) mass is 267 g/mol. The summed E-state index contributed by atoms with van der Waals surface area (Å²) in [7, 11) is 2.17. The molecular weight excluding hydrogens is 242 g/mol. The molecule has 0 bridgehead atoms.